The highest BCUT2D eigenvalue weighted by atomic mass is 32.2. The molecule has 1 heterocycles. The lowest BCUT2D eigenvalue weighted by molar-refractivity contribution is -0.113. The van der Waals surface area contributed by atoms with Gasteiger partial charge in [0.05, 0.1) is 11.4 Å². The van der Waals surface area contributed by atoms with E-state index < -0.39 is 0 Å². The van der Waals surface area contributed by atoms with Crippen LogP contribution >= 0.6 is 11.8 Å². The molecule has 0 saturated carbocycles. The minimum absolute atomic E-state index is 0.0205. The Morgan fingerprint density at radius 3 is 2.50 bits per heavy atom. The van der Waals surface area contributed by atoms with Gasteiger partial charge in [0.15, 0.2) is 11.0 Å². The maximum Gasteiger partial charge on any atom is 0.234 e. The number of anilines is 1. The molecule has 1 fully saturated rings. The molecule has 1 N–H and O–H groups in total. The van der Waals surface area contributed by atoms with E-state index in [1.54, 1.807) is 24.3 Å². The number of para-hydroxylation sites is 1. The van der Waals surface area contributed by atoms with Crippen molar-refractivity contribution in [3.63, 3.8) is 0 Å². The van der Waals surface area contributed by atoms with Crippen LogP contribution in [0.25, 0.3) is 0 Å². The maximum absolute atomic E-state index is 12.4. The number of rotatable bonds is 5. The van der Waals surface area contributed by atoms with Gasteiger partial charge in [0, 0.05) is 24.3 Å². The van der Waals surface area contributed by atoms with E-state index in [1.807, 2.05) is 30.3 Å². The first-order chi connectivity index (χ1) is 13.6. The van der Waals surface area contributed by atoms with Crippen LogP contribution in [0.2, 0.25) is 0 Å². The Hall–Kier alpha value is -2.60. The third-order valence-corrected chi connectivity index (χ3v) is 5.51. The number of aliphatic imine (C=N–C) groups is 1. The first kappa shape index (κ1) is 20.1. The smallest absolute Gasteiger partial charge is 0.234 e. The fourth-order valence-corrected chi connectivity index (χ4v) is 3.90. The largest absolute Gasteiger partial charge is 0.351 e. The number of carbonyl (C=O) groups excluding carboxylic acids is 2. The van der Waals surface area contributed by atoms with E-state index in [0.717, 1.165) is 36.8 Å². The minimum atomic E-state index is -0.108. The number of thioether (sulfide) groups is 1. The van der Waals surface area contributed by atoms with Crippen LogP contribution in [0.4, 0.5) is 11.4 Å². The molecule has 0 radical (unpaired) electrons. The first-order valence-corrected chi connectivity index (χ1v) is 10.5. The number of ketones is 1. The lowest BCUT2D eigenvalue weighted by Gasteiger charge is -2.29. The Morgan fingerprint density at radius 2 is 1.79 bits per heavy atom. The van der Waals surface area contributed by atoms with Crippen LogP contribution in [0.3, 0.4) is 0 Å². The van der Waals surface area contributed by atoms with Crippen molar-refractivity contribution in [3.8, 4) is 0 Å². The number of hydrogen-bond acceptors (Lipinski definition) is 4. The lowest BCUT2D eigenvalue weighted by atomic mass is 10.1. The van der Waals surface area contributed by atoms with Gasteiger partial charge in [-0.1, -0.05) is 42.1 Å². The number of likely N-dealkylation sites (tertiary alicyclic amines) is 1. The van der Waals surface area contributed by atoms with Crippen LogP contribution in [0.15, 0.2) is 59.6 Å². The normalized spacial score (nSPS) is 14.6. The lowest BCUT2D eigenvalue weighted by Crippen LogP contribution is -2.34. The Bertz CT molecular complexity index is 846. The average molecular weight is 396 g/mol. The van der Waals surface area contributed by atoms with Gasteiger partial charge in [-0.25, -0.2) is 4.99 Å². The highest BCUT2D eigenvalue weighted by Gasteiger charge is 2.17. The predicted molar refractivity (Wildman–Crippen MR) is 116 cm³/mol. The van der Waals surface area contributed by atoms with Crippen LogP contribution in [-0.4, -0.2) is 40.6 Å². The molecule has 2 aromatic carbocycles. The van der Waals surface area contributed by atoms with E-state index in [-0.39, 0.29) is 17.4 Å². The number of hydrogen-bond donors (Lipinski definition) is 1. The Balaban J connectivity index is 1.65. The van der Waals surface area contributed by atoms with Gasteiger partial charge in [-0.15, -0.1) is 0 Å². The van der Waals surface area contributed by atoms with Crippen LogP contribution < -0.4 is 5.32 Å². The third kappa shape index (κ3) is 5.96. The maximum atomic E-state index is 12.4. The molecule has 0 spiro atoms. The van der Waals surface area contributed by atoms with Crippen molar-refractivity contribution in [2.75, 3.05) is 24.2 Å². The molecule has 5 nitrogen and oxygen atoms in total. The fraction of sp³-hybridized carbons (Fsp3) is 0.318. The summed E-state index contributed by atoms with van der Waals surface area (Å²) in [6.07, 6.45) is 3.55. The monoisotopic (exact) mass is 395 g/mol. The van der Waals surface area contributed by atoms with Gasteiger partial charge in [0.25, 0.3) is 0 Å². The molecule has 2 aromatic rings. The standard InChI is InChI=1S/C22H25N3O2S/c1-17(26)18-9-8-12-20(15-18)23-21(27)16-28-22(25-13-6-3-7-14-25)24-19-10-4-2-5-11-19/h2,4-5,8-12,15H,3,6-7,13-14,16H2,1H3,(H,23,27). The number of nitrogens with one attached hydrogen (secondary N) is 1. The Morgan fingerprint density at radius 1 is 1.04 bits per heavy atom. The summed E-state index contributed by atoms with van der Waals surface area (Å²) in [4.78, 5) is 31.0. The number of piperidine rings is 1. The van der Waals surface area contributed by atoms with Crippen LogP contribution in [0.5, 0.6) is 0 Å². The Labute approximate surface area is 170 Å². The van der Waals surface area contributed by atoms with Crippen LogP contribution in [0.1, 0.15) is 36.5 Å². The molecule has 1 amide bonds. The molecule has 1 saturated heterocycles. The summed E-state index contributed by atoms with van der Waals surface area (Å²) in [5, 5.41) is 3.76. The van der Waals surface area contributed by atoms with Gasteiger partial charge in [-0.05, 0) is 50.5 Å². The quantitative estimate of drug-likeness (QED) is 0.451. The molecule has 1 aliphatic rings. The highest BCUT2D eigenvalue weighted by molar-refractivity contribution is 8.14. The molecule has 1 aliphatic heterocycles. The summed E-state index contributed by atoms with van der Waals surface area (Å²) >= 11 is 1.46. The van der Waals surface area contributed by atoms with Crippen molar-refractivity contribution >= 4 is 40.0 Å². The second-order valence-corrected chi connectivity index (χ2v) is 7.69. The van der Waals surface area contributed by atoms with Crippen LogP contribution in [-0.2, 0) is 4.79 Å². The van der Waals surface area contributed by atoms with Crippen molar-refractivity contribution in [2.45, 2.75) is 26.2 Å². The number of benzene rings is 2. The van der Waals surface area contributed by atoms with Gasteiger partial charge in [0.2, 0.25) is 5.91 Å². The predicted octanol–water partition coefficient (Wildman–Crippen LogP) is 4.73. The van der Waals surface area contributed by atoms with Crippen molar-refractivity contribution in [1.29, 1.82) is 0 Å². The van der Waals surface area contributed by atoms with Crippen molar-refractivity contribution in [1.82, 2.24) is 4.90 Å². The molecular weight excluding hydrogens is 370 g/mol. The molecule has 0 atom stereocenters. The number of carbonyl (C=O) groups is 2. The zero-order valence-corrected chi connectivity index (χ0v) is 16.9. The summed E-state index contributed by atoms with van der Waals surface area (Å²) in [5.41, 5.74) is 2.12. The first-order valence-electron chi connectivity index (χ1n) is 9.54. The minimum Gasteiger partial charge on any atom is -0.351 e. The van der Waals surface area contributed by atoms with E-state index in [2.05, 4.69) is 10.2 Å². The summed E-state index contributed by atoms with van der Waals surface area (Å²) in [7, 11) is 0. The summed E-state index contributed by atoms with van der Waals surface area (Å²) in [5.74, 6) is 0.142. The third-order valence-electron chi connectivity index (χ3n) is 4.49. The molecular formula is C22H25N3O2S. The molecule has 0 aliphatic carbocycles. The van der Waals surface area contributed by atoms with E-state index in [1.165, 1.54) is 25.1 Å². The molecule has 0 aromatic heterocycles. The van der Waals surface area contributed by atoms with Crippen molar-refractivity contribution in [3.05, 3.63) is 60.2 Å². The number of nitrogens with zero attached hydrogens (tertiary/aromatic N) is 2. The van der Waals surface area contributed by atoms with E-state index >= 15 is 0 Å². The molecule has 146 valence electrons. The van der Waals surface area contributed by atoms with Gasteiger partial charge < -0.3 is 10.2 Å². The zero-order valence-electron chi connectivity index (χ0n) is 16.1. The second-order valence-electron chi connectivity index (χ2n) is 6.75. The zero-order chi connectivity index (χ0) is 19.8. The Kier molecular flexibility index (Phi) is 7.25. The summed E-state index contributed by atoms with van der Waals surface area (Å²) < 4.78 is 0. The van der Waals surface area contributed by atoms with Gasteiger partial charge in [0.1, 0.15) is 0 Å². The topological polar surface area (TPSA) is 61.8 Å². The molecule has 3 rings (SSSR count). The van der Waals surface area contributed by atoms with E-state index in [4.69, 9.17) is 4.99 Å². The molecule has 6 heteroatoms. The molecule has 0 bridgehead atoms. The molecule has 0 unspecified atom stereocenters. The number of amidine groups is 1. The highest BCUT2D eigenvalue weighted by Crippen LogP contribution is 2.21. The van der Waals surface area contributed by atoms with Crippen molar-refractivity contribution < 1.29 is 9.59 Å². The average Bonchev–Trinajstić information content (AvgIpc) is 2.72. The van der Waals surface area contributed by atoms with Gasteiger partial charge in [-0.2, -0.15) is 0 Å². The summed E-state index contributed by atoms with van der Waals surface area (Å²) in [6.45, 7) is 3.46. The number of Topliss-reactive ketones (excluding diaryl/α,β-unsaturated/α-hetero) is 1. The summed E-state index contributed by atoms with van der Waals surface area (Å²) in [6, 6.07) is 16.8. The van der Waals surface area contributed by atoms with E-state index in [0.29, 0.717) is 11.3 Å². The van der Waals surface area contributed by atoms with Crippen molar-refractivity contribution in [2.24, 2.45) is 4.99 Å². The SMILES string of the molecule is CC(=O)c1cccc(NC(=O)CSC(=Nc2ccccc2)N2CCCCC2)c1. The van der Waals surface area contributed by atoms with Gasteiger partial charge in [-0.3, -0.25) is 9.59 Å². The number of amides is 1. The second kappa shape index (κ2) is 10.1. The van der Waals surface area contributed by atoms with Crippen LogP contribution in [0, 0.1) is 0 Å². The van der Waals surface area contributed by atoms with Gasteiger partial charge >= 0.3 is 0 Å². The van der Waals surface area contributed by atoms with E-state index in [9.17, 15) is 9.59 Å². The molecule has 28 heavy (non-hydrogen) atoms. The fourth-order valence-electron chi connectivity index (χ4n) is 3.04.